The van der Waals surface area contributed by atoms with Crippen molar-refractivity contribution in [3.8, 4) is 0 Å². The Labute approximate surface area is 87.2 Å². The van der Waals surface area contributed by atoms with Gasteiger partial charge in [0.2, 0.25) is 0 Å². The molecular weight excluding hydrogens is 226 g/mol. The normalized spacial score (nSPS) is 12.4. The van der Waals surface area contributed by atoms with E-state index in [1.54, 1.807) is 12.2 Å². The summed E-state index contributed by atoms with van der Waals surface area (Å²) >= 11 is 5.37. The van der Waals surface area contributed by atoms with Crippen LogP contribution in [0.2, 0.25) is 0 Å². The van der Waals surface area contributed by atoms with Crippen LogP contribution in [0.1, 0.15) is 0 Å². The zero-order chi connectivity index (χ0) is 10.4. The van der Waals surface area contributed by atoms with Gasteiger partial charge < -0.3 is 0 Å². The predicted octanol–water partition coefficient (Wildman–Crippen LogP) is 0.483. The first-order chi connectivity index (χ1) is 6.67. The Hall–Kier alpha value is -0.850. The summed E-state index contributed by atoms with van der Waals surface area (Å²) in [5, 5.41) is 5.97. The molecule has 1 heterocycles. The summed E-state index contributed by atoms with van der Waals surface area (Å²) in [4.78, 5) is 0. The van der Waals surface area contributed by atoms with Gasteiger partial charge in [-0.15, -0.1) is 11.6 Å². The molecule has 5 nitrogen and oxygen atoms in total. The average Bonchev–Trinajstić information content (AvgIpc) is 2.65. The molecule has 2 N–H and O–H groups in total. The minimum atomic E-state index is -3.46. The number of allylic oxidation sites excluding steroid dienone is 1. The van der Waals surface area contributed by atoms with E-state index in [0.29, 0.717) is 5.88 Å². The molecular formula is C7H10ClN3O2S. The minimum Gasteiger partial charge on any atom is -0.266 e. The van der Waals surface area contributed by atoms with Crippen molar-refractivity contribution in [1.82, 2.24) is 14.9 Å². The van der Waals surface area contributed by atoms with Gasteiger partial charge in [0.05, 0.1) is 6.20 Å². The minimum absolute atomic E-state index is 0.0526. The van der Waals surface area contributed by atoms with Crippen LogP contribution in [0.3, 0.4) is 0 Å². The third-order valence-corrected chi connectivity index (χ3v) is 2.94. The Balaban J connectivity index is 2.56. The number of alkyl halides is 1. The first kappa shape index (κ1) is 11.2. The summed E-state index contributed by atoms with van der Waals surface area (Å²) < 4.78 is 25.2. The molecule has 0 aliphatic rings. The van der Waals surface area contributed by atoms with Crippen LogP contribution in [0.25, 0.3) is 0 Å². The van der Waals surface area contributed by atoms with E-state index in [1.165, 1.54) is 12.3 Å². The highest BCUT2D eigenvalue weighted by Gasteiger charge is 2.12. The highest BCUT2D eigenvalue weighted by atomic mass is 35.5. The van der Waals surface area contributed by atoms with Crippen molar-refractivity contribution < 1.29 is 8.42 Å². The van der Waals surface area contributed by atoms with Crippen molar-refractivity contribution in [2.75, 3.05) is 12.4 Å². The Kier molecular flexibility index (Phi) is 4.12. The van der Waals surface area contributed by atoms with E-state index >= 15 is 0 Å². The number of nitrogens with one attached hydrogen (secondary N) is 2. The van der Waals surface area contributed by atoms with Crippen molar-refractivity contribution in [3.63, 3.8) is 0 Å². The van der Waals surface area contributed by atoms with E-state index in [1.807, 2.05) is 0 Å². The van der Waals surface area contributed by atoms with Crippen LogP contribution in [0, 0.1) is 0 Å². The lowest BCUT2D eigenvalue weighted by atomic mass is 10.5. The highest BCUT2D eigenvalue weighted by Crippen LogP contribution is 2.01. The molecule has 1 aromatic heterocycles. The van der Waals surface area contributed by atoms with Gasteiger partial charge in [-0.25, -0.2) is 13.1 Å². The number of aromatic amines is 1. The molecule has 14 heavy (non-hydrogen) atoms. The molecule has 0 aliphatic carbocycles. The topological polar surface area (TPSA) is 74.8 Å². The summed E-state index contributed by atoms with van der Waals surface area (Å²) in [6.07, 6.45) is 4.68. The van der Waals surface area contributed by atoms with E-state index in [4.69, 9.17) is 11.6 Å². The third-order valence-electron chi connectivity index (χ3n) is 1.41. The van der Waals surface area contributed by atoms with Crippen molar-refractivity contribution in [1.29, 1.82) is 0 Å². The van der Waals surface area contributed by atoms with Gasteiger partial charge in [0, 0.05) is 12.4 Å². The zero-order valence-electron chi connectivity index (χ0n) is 7.27. The van der Waals surface area contributed by atoms with Gasteiger partial charge in [0.25, 0.3) is 10.0 Å². The summed E-state index contributed by atoms with van der Waals surface area (Å²) in [6, 6.07) is 1.38. The number of nitrogens with zero attached hydrogens (tertiary/aromatic N) is 1. The molecule has 0 saturated carbocycles. The van der Waals surface area contributed by atoms with Crippen molar-refractivity contribution in [2.24, 2.45) is 0 Å². The van der Waals surface area contributed by atoms with Crippen molar-refractivity contribution in [2.45, 2.75) is 5.03 Å². The van der Waals surface area contributed by atoms with Crippen LogP contribution >= 0.6 is 11.6 Å². The quantitative estimate of drug-likeness (QED) is 0.576. The SMILES string of the molecule is O=S(=O)(NC/C=C/CCl)c1ccn[nH]1. The number of aromatic nitrogens is 2. The number of halogens is 1. The van der Waals surface area contributed by atoms with Gasteiger partial charge >= 0.3 is 0 Å². The molecule has 78 valence electrons. The lowest BCUT2D eigenvalue weighted by Gasteiger charge is -2.00. The lowest BCUT2D eigenvalue weighted by Crippen LogP contribution is -2.24. The molecule has 7 heteroatoms. The number of H-pyrrole nitrogens is 1. The van der Waals surface area contributed by atoms with E-state index < -0.39 is 10.0 Å². The maximum atomic E-state index is 11.4. The number of sulfonamides is 1. The van der Waals surface area contributed by atoms with Gasteiger partial charge in [-0.05, 0) is 6.07 Å². The first-order valence-corrected chi connectivity index (χ1v) is 5.88. The van der Waals surface area contributed by atoms with Gasteiger partial charge in [-0.1, -0.05) is 12.2 Å². The lowest BCUT2D eigenvalue weighted by molar-refractivity contribution is 0.581. The fraction of sp³-hybridized carbons (Fsp3) is 0.286. The molecule has 1 aromatic rings. The summed E-state index contributed by atoms with van der Waals surface area (Å²) in [5.41, 5.74) is 0. The second-order valence-electron chi connectivity index (χ2n) is 2.40. The Morgan fingerprint density at radius 2 is 2.36 bits per heavy atom. The van der Waals surface area contributed by atoms with E-state index in [2.05, 4.69) is 14.9 Å². The van der Waals surface area contributed by atoms with Crippen LogP contribution in [-0.4, -0.2) is 31.0 Å². The summed E-state index contributed by atoms with van der Waals surface area (Å²) in [5.74, 6) is 0.367. The Bertz CT molecular complexity index is 385. The summed E-state index contributed by atoms with van der Waals surface area (Å²) in [6.45, 7) is 0.216. The van der Waals surface area contributed by atoms with Gasteiger partial charge in [-0.3, -0.25) is 5.10 Å². The van der Waals surface area contributed by atoms with Crippen LogP contribution in [0.15, 0.2) is 29.4 Å². The predicted molar refractivity (Wildman–Crippen MR) is 53.6 cm³/mol. The van der Waals surface area contributed by atoms with Crippen molar-refractivity contribution >= 4 is 21.6 Å². The molecule has 0 spiro atoms. The van der Waals surface area contributed by atoms with E-state index in [9.17, 15) is 8.42 Å². The molecule has 0 fully saturated rings. The highest BCUT2D eigenvalue weighted by molar-refractivity contribution is 7.89. The van der Waals surface area contributed by atoms with Gasteiger partial charge in [0.15, 0.2) is 5.03 Å². The third kappa shape index (κ3) is 3.13. The molecule has 0 radical (unpaired) electrons. The van der Waals surface area contributed by atoms with Crippen molar-refractivity contribution in [3.05, 3.63) is 24.4 Å². The molecule has 0 atom stereocenters. The second kappa shape index (κ2) is 5.14. The monoisotopic (exact) mass is 235 g/mol. The van der Waals surface area contributed by atoms with Gasteiger partial charge in [0.1, 0.15) is 0 Å². The number of rotatable bonds is 5. The zero-order valence-corrected chi connectivity index (χ0v) is 8.85. The molecule has 0 aliphatic heterocycles. The standard InChI is InChI=1S/C7H10ClN3O2S/c8-4-1-2-5-10-14(12,13)7-3-6-9-11-7/h1-3,6,10H,4-5H2,(H,9,11)/b2-1+. The fourth-order valence-corrected chi connectivity index (χ4v) is 1.78. The fourth-order valence-electron chi connectivity index (χ4n) is 0.775. The second-order valence-corrected chi connectivity index (χ2v) is 4.44. The number of hydrogen-bond donors (Lipinski definition) is 2. The van der Waals surface area contributed by atoms with Crippen LogP contribution in [-0.2, 0) is 10.0 Å². The average molecular weight is 236 g/mol. The van der Waals surface area contributed by atoms with Crippen LogP contribution in [0.4, 0.5) is 0 Å². The van der Waals surface area contributed by atoms with Crippen LogP contribution < -0.4 is 4.72 Å². The Morgan fingerprint density at radius 1 is 1.57 bits per heavy atom. The molecule has 0 bridgehead atoms. The summed E-state index contributed by atoms with van der Waals surface area (Å²) in [7, 11) is -3.46. The molecule has 0 saturated heterocycles. The largest absolute Gasteiger partial charge is 0.266 e. The van der Waals surface area contributed by atoms with E-state index in [0.717, 1.165) is 0 Å². The Morgan fingerprint density at radius 3 is 2.93 bits per heavy atom. The molecule has 0 unspecified atom stereocenters. The van der Waals surface area contributed by atoms with Crippen LogP contribution in [0.5, 0.6) is 0 Å². The van der Waals surface area contributed by atoms with E-state index in [-0.39, 0.29) is 11.6 Å². The van der Waals surface area contributed by atoms with Gasteiger partial charge in [-0.2, -0.15) is 5.10 Å². The molecule has 0 amide bonds. The maximum Gasteiger partial charge on any atom is 0.257 e. The first-order valence-electron chi connectivity index (χ1n) is 3.87. The number of hydrogen-bond acceptors (Lipinski definition) is 3. The maximum absolute atomic E-state index is 11.4. The molecule has 1 rings (SSSR count). The molecule has 0 aromatic carbocycles. The smallest absolute Gasteiger partial charge is 0.257 e.